The van der Waals surface area contributed by atoms with Crippen molar-refractivity contribution in [1.29, 1.82) is 0 Å². The highest BCUT2D eigenvalue weighted by Gasteiger charge is 2.03. The van der Waals surface area contributed by atoms with Crippen LogP contribution in [0.4, 0.5) is 0 Å². The second-order valence-corrected chi connectivity index (χ2v) is 3.96. The Balaban J connectivity index is 3.29. The summed E-state index contributed by atoms with van der Waals surface area (Å²) in [5.41, 5.74) is 0. The third-order valence-corrected chi connectivity index (χ3v) is 2.24. The van der Waals surface area contributed by atoms with E-state index in [9.17, 15) is 4.79 Å². The van der Waals surface area contributed by atoms with Crippen LogP contribution in [0.3, 0.4) is 0 Å². The molecule has 0 spiro atoms. The zero-order chi connectivity index (χ0) is 11.5. The summed E-state index contributed by atoms with van der Waals surface area (Å²) in [4.78, 5) is 10.6. The molecule has 0 saturated carbocycles. The zero-order valence-electron chi connectivity index (χ0n) is 10.3. The number of hydrogen-bond acceptors (Lipinski definition) is 2. The molecule has 0 aromatic rings. The first kappa shape index (κ1) is 14.2. The molecule has 1 unspecified atom stereocenters. The fourth-order valence-corrected chi connectivity index (χ4v) is 1.42. The molecule has 0 aliphatic carbocycles. The van der Waals surface area contributed by atoms with Crippen LogP contribution in [-0.2, 0) is 9.53 Å². The Morgan fingerprint density at radius 2 is 1.87 bits per heavy atom. The fourth-order valence-electron chi connectivity index (χ4n) is 1.42. The summed E-state index contributed by atoms with van der Waals surface area (Å²) in [6, 6.07) is 0. The molecule has 15 heavy (non-hydrogen) atoms. The van der Waals surface area contributed by atoms with Gasteiger partial charge in [-0.3, -0.25) is 4.79 Å². The molecule has 2 nitrogen and oxygen atoms in total. The molecule has 88 valence electrons. The summed E-state index contributed by atoms with van der Waals surface area (Å²) in [7, 11) is 0. The lowest BCUT2D eigenvalue weighted by atomic mass is 10.1. The molecular weight excluding hydrogens is 188 g/mol. The highest BCUT2D eigenvalue weighted by Crippen LogP contribution is 2.06. The molecule has 0 saturated heterocycles. The van der Waals surface area contributed by atoms with Gasteiger partial charge in [0.05, 0.1) is 6.10 Å². The highest BCUT2D eigenvalue weighted by molar-refractivity contribution is 5.66. The largest absolute Gasteiger partial charge is 0.463 e. The standard InChI is InChI=1S/C13H24O2/c1-4-5-6-7-8-9-10-11-12(2)15-13(3)14/h7-8,12H,4-6,9-11H2,1-3H3. The Kier molecular flexibility index (Phi) is 9.24. The number of ether oxygens (including phenoxy) is 1. The van der Waals surface area contributed by atoms with Crippen LogP contribution < -0.4 is 0 Å². The van der Waals surface area contributed by atoms with Gasteiger partial charge in [0, 0.05) is 6.92 Å². The molecule has 1 atom stereocenters. The lowest BCUT2D eigenvalue weighted by molar-refractivity contribution is -0.145. The van der Waals surface area contributed by atoms with Crippen LogP contribution in [0.2, 0.25) is 0 Å². The summed E-state index contributed by atoms with van der Waals surface area (Å²) < 4.78 is 5.03. The van der Waals surface area contributed by atoms with Crippen molar-refractivity contribution in [2.24, 2.45) is 0 Å². The maximum Gasteiger partial charge on any atom is 0.302 e. The van der Waals surface area contributed by atoms with E-state index in [-0.39, 0.29) is 12.1 Å². The Morgan fingerprint density at radius 3 is 2.40 bits per heavy atom. The van der Waals surface area contributed by atoms with E-state index in [1.165, 1.54) is 26.2 Å². The number of rotatable bonds is 8. The minimum Gasteiger partial charge on any atom is -0.463 e. The van der Waals surface area contributed by atoms with Crippen LogP contribution in [-0.4, -0.2) is 12.1 Å². The number of allylic oxidation sites excluding steroid dienone is 2. The lowest BCUT2D eigenvalue weighted by Gasteiger charge is -2.10. The van der Waals surface area contributed by atoms with Crippen molar-refractivity contribution in [2.75, 3.05) is 0 Å². The van der Waals surface area contributed by atoms with Crippen molar-refractivity contribution in [2.45, 2.75) is 65.4 Å². The molecule has 0 heterocycles. The van der Waals surface area contributed by atoms with Gasteiger partial charge in [-0.1, -0.05) is 31.9 Å². The second kappa shape index (κ2) is 9.75. The smallest absolute Gasteiger partial charge is 0.302 e. The zero-order valence-corrected chi connectivity index (χ0v) is 10.3. The predicted molar refractivity (Wildman–Crippen MR) is 63.7 cm³/mol. The molecule has 0 bridgehead atoms. The van der Waals surface area contributed by atoms with Crippen molar-refractivity contribution < 1.29 is 9.53 Å². The fraction of sp³-hybridized carbons (Fsp3) is 0.769. The predicted octanol–water partition coefficient (Wildman–Crippen LogP) is 3.85. The minimum absolute atomic E-state index is 0.0616. The minimum atomic E-state index is -0.180. The van der Waals surface area contributed by atoms with Gasteiger partial charge in [-0.25, -0.2) is 0 Å². The lowest BCUT2D eigenvalue weighted by Crippen LogP contribution is -2.11. The molecule has 0 amide bonds. The van der Waals surface area contributed by atoms with Crippen LogP contribution in [0, 0.1) is 0 Å². The van der Waals surface area contributed by atoms with E-state index in [4.69, 9.17) is 4.74 Å². The van der Waals surface area contributed by atoms with Crippen LogP contribution in [0.5, 0.6) is 0 Å². The molecule has 0 aliphatic rings. The van der Waals surface area contributed by atoms with Crippen LogP contribution >= 0.6 is 0 Å². The van der Waals surface area contributed by atoms with Crippen LogP contribution in [0.25, 0.3) is 0 Å². The Bertz CT molecular complexity index is 185. The summed E-state index contributed by atoms with van der Waals surface area (Å²) in [6.45, 7) is 5.61. The molecule has 0 fully saturated rings. The SMILES string of the molecule is CCCCC=CCCCC(C)OC(C)=O. The third-order valence-electron chi connectivity index (χ3n) is 2.24. The van der Waals surface area contributed by atoms with Gasteiger partial charge in [0.25, 0.3) is 0 Å². The van der Waals surface area contributed by atoms with E-state index in [0.29, 0.717) is 0 Å². The first-order valence-corrected chi connectivity index (χ1v) is 5.99. The van der Waals surface area contributed by atoms with Crippen molar-refractivity contribution in [1.82, 2.24) is 0 Å². The third kappa shape index (κ3) is 11.1. The number of esters is 1. The Morgan fingerprint density at radius 1 is 1.27 bits per heavy atom. The summed E-state index contributed by atoms with van der Waals surface area (Å²) in [5.74, 6) is -0.180. The first-order chi connectivity index (χ1) is 7.16. The summed E-state index contributed by atoms with van der Waals surface area (Å²) >= 11 is 0. The molecule has 0 aromatic heterocycles. The molecular formula is C13H24O2. The second-order valence-electron chi connectivity index (χ2n) is 3.96. The van der Waals surface area contributed by atoms with E-state index in [1.54, 1.807) is 0 Å². The average Bonchev–Trinajstić information content (AvgIpc) is 2.15. The molecule has 0 rings (SSSR count). The van der Waals surface area contributed by atoms with E-state index in [1.807, 2.05) is 6.92 Å². The van der Waals surface area contributed by atoms with Crippen molar-refractivity contribution >= 4 is 5.97 Å². The Labute approximate surface area is 93.7 Å². The number of hydrogen-bond donors (Lipinski definition) is 0. The van der Waals surface area contributed by atoms with Gasteiger partial charge in [0.1, 0.15) is 0 Å². The van der Waals surface area contributed by atoms with E-state index < -0.39 is 0 Å². The van der Waals surface area contributed by atoms with Gasteiger partial charge in [-0.05, 0) is 32.6 Å². The monoisotopic (exact) mass is 212 g/mol. The highest BCUT2D eigenvalue weighted by atomic mass is 16.5. The van der Waals surface area contributed by atoms with E-state index in [2.05, 4.69) is 19.1 Å². The van der Waals surface area contributed by atoms with Crippen LogP contribution in [0.15, 0.2) is 12.2 Å². The molecule has 0 N–H and O–H groups in total. The molecule has 0 aromatic carbocycles. The van der Waals surface area contributed by atoms with E-state index >= 15 is 0 Å². The van der Waals surface area contributed by atoms with E-state index in [0.717, 1.165) is 19.3 Å². The average molecular weight is 212 g/mol. The van der Waals surface area contributed by atoms with Gasteiger partial charge >= 0.3 is 5.97 Å². The van der Waals surface area contributed by atoms with Gasteiger partial charge in [-0.15, -0.1) is 0 Å². The summed E-state index contributed by atoms with van der Waals surface area (Å²) in [5, 5.41) is 0. The van der Waals surface area contributed by atoms with Gasteiger partial charge < -0.3 is 4.74 Å². The Hall–Kier alpha value is -0.790. The maximum absolute atomic E-state index is 10.6. The van der Waals surface area contributed by atoms with Crippen molar-refractivity contribution in [3.8, 4) is 0 Å². The quantitative estimate of drug-likeness (QED) is 0.347. The van der Waals surface area contributed by atoms with Crippen molar-refractivity contribution in [3.05, 3.63) is 12.2 Å². The molecule has 0 radical (unpaired) electrons. The molecule has 0 aliphatic heterocycles. The van der Waals surface area contributed by atoms with Gasteiger partial charge in [0.2, 0.25) is 0 Å². The normalized spacial score (nSPS) is 13.0. The van der Waals surface area contributed by atoms with Crippen LogP contribution in [0.1, 0.15) is 59.3 Å². The van der Waals surface area contributed by atoms with Gasteiger partial charge in [0.15, 0.2) is 0 Å². The van der Waals surface area contributed by atoms with Crippen molar-refractivity contribution in [3.63, 3.8) is 0 Å². The number of carbonyl (C=O) groups is 1. The number of carbonyl (C=O) groups excluding carboxylic acids is 1. The molecule has 2 heteroatoms. The maximum atomic E-state index is 10.6. The number of unbranched alkanes of at least 4 members (excludes halogenated alkanes) is 3. The summed E-state index contributed by atoms with van der Waals surface area (Å²) in [6.07, 6.45) is 11.4. The van der Waals surface area contributed by atoms with Gasteiger partial charge in [-0.2, -0.15) is 0 Å². The first-order valence-electron chi connectivity index (χ1n) is 5.99. The topological polar surface area (TPSA) is 26.3 Å².